The Bertz CT molecular complexity index is 1540. The second-order valence-corrected chi connectivity index (χ2v) is 13.8. The van der Waals surface area contributed by atoms with Crippen LogP contribution in [0.4, 0.5) is 28.2 Å². The minimum Gasteiger partial charge on any atom is -0.351 e. The van der Waals surface area contributed by atoms with Crippen molar-refractivity contribution in [2.24, 2.45) is 5.92 Å². The van der Waals surface area contributed by atoms with E-state index in [1.54, 1.807) is 21.7 Å². The van der Waals surface area contributed by atoms with Crippen LogP contribution in [-0.4, -0.2) is 76.6 Å². The molecule has 0 spiro atoms. The van der Waals surface area contributed by atoms with Gasteiger partial charge in [-0.1, -0.05) is 19.4 Å². The molecule has 2 amide bonds. The molecular formula is C28H32F7N5O2S. The predicted molar refractivity (Wildman–Crippen MR) is 149 cm³/mol. The summed E-state index contributed by atoms with van der Waals surface area (Å²) in [6.45, 7) is 3.67. The summed E-state index contributed by atoms with van der Waals surface area (Å²) >= 11 is 0. The van der Waals surface area contributed by atoms with Crippen LogP contribution in [0.25, 0.3) is 10.9 Å². The highest BCUT2D eigenvalue weighted by Gasteiger charge is 2.65. The molecule has 2 aromatic carbocycles. The molecule has 2 fully saturated rings. The van der Waals surface area contributed by atoms with E-state index >= 15 is 0 Å². The van der Waals surface area contributed by atoms with Crippen molar-refractivity contribution in [2.75, 3.05) is 39.3 Å². The van der Waals surface area contributed by atoms with E-state index in [0.29, 0.717) is 56.6 Å². The maximum atomic E-state index is 13.4. The zero-order chi connectivity index (χ0) is 31.3. The van der Waals surface area contributed by atoms with Gasteiger partial charge in [0.2, 0.25) is 0 Å². The molecule has 5 rings (SSSR count). The molecule has 236 valence electrons. The molecule has 1 aromatic heterocycles. The van der Waals surface area contributed by atoms with Gasteiger partial charge in [0.15, 0.2) is 0 Å². The summed E-state index contributed by atoms with van der Waals surface area (Å²) in [5.41, 5.74) is 1.83. The van der Waals surface area contributed by atoms with Gasteiger partial charge in [-0.05, 0) is 67.6 Å². The third kappa shape index (κ3) is 7.25. The van der Waals surface area contributed by atoms with Gasteiger partial charge in [-0.3, -0.25) is 19.2 Å². The molecule has 3 aromatic rings. The van der Waals surface area contributed by atoms with Crippen LogP contribution in [0.15, 0.2) is 47.5 Å². The molecule has 1 N–H and O–H groups in total. The van der Waals surface area contributed by atoms with Gasteiger partial charge in [-0.15, -0.1) is 0 Å². The van der Waals surface area contributed by atoms with Crippen LogP contribution >= 0.6 is 10.2 Å². The lowest BCUT2D eigenvalue weighted by Gasteiger charge is -2.40. The Labute approximate surface area is 243 Å². The number of hydrogen-bond donors (Lipinski definition) is 1. The van der Waals surface area contributed by atoms with E-state index in [0.717, 1.165) is 23.1 Å². The van der Waals surface area contributed by atoms with Gasteiger partial charge in [0.05, 0.1) is 12.1 Å². The molecule has 2 saturated heterocycles. The van der Waals surface area contributed by atoms with E-state index < -0.39 is 26.9 Å². The molecule has 3 heterocycles. The lowest BCUT2D eigenvalue weighted by Crippen LogP contribution is -2.39. The van der Waals surface area contributed by atoms with Crippen molar-refractivity contribution >= 4 is 32.9 Å². The largest absolute Gasteiger partial charge is 0.351 e. The Hall–Kier alpha value is -3.33. The Morgan fingerprint density at radius 1 is 1.00 bits per heavy atom. The number of fused-ring (bicyclic) bond motifs is 1. The smallest absolute Gasteiger partial charge is 0.310 e. The molecule has 0 aliphatic carbocycles. The minimum absolute atomic E-state index is 0.0877. The lowest BCUT2D eigenvalue weighted by atomic mass is 9.96. The number of piperidine rings is 1. The third-order valence-electron chi connectivity index (χ3n) is 8.11. The van der Waals surface area contributed by atoms with Gasteiger partial charge < -0.3 is 10.2 Å². The molecule has 7 nitrogen and oxygen atoms in total. The second-order valence-electron chi connectivity index (χ2n) is 11.4. The number of amides is 2. The fraction of sp³-hybridized carbons (Fsp3) is 0.464. The summed E-state index contributed by atoms with van der Waals surface area (Å²) in [6, 6.07) is 5.49. The van der Waals surface area contributed by atoms with Crippen molar-refractivity contribution in [2.45, 2.75) is 43.5 Å². The summed E-state index contributed by atoms with van der Waals surface area (Å²) in [5.74, 6) is -3.33. The molecule has 43 heavy (non-hydrogen) atoms. The molecule has 0 unspecified atom stereocenters. The number of nitrogens with one attached hydrogen (secondary N) is 1. The summed E-state index contributed by atoms with van der Waals surface area (Å²) in [6.07, 6.45) is 2.90. The SMILES string of the molecule is Cc1c(C(=O)NCCN2CCC(F)(F)C2)ccc2nn(CC3CCN(C(=O)c4ccc(S(F)(F)(F)(F)F)cc4)CC3)cc12. The first kappa shape index (κ1) is 31.1. The van der Waals surface area contributed by atoms with Gasteiger partial charge >= 0.3 is 10.2 Å². The van der Waals surface area contributed by atoms with E-state index in [-0.39, 0.29) is 49.0 Å². The topological polar surface area (TPSA) is 70.5 Å². The number of alkyl halides is 2. The molecule has 0 bridgehead atoms. The number of likely N-dealkylation sites (tertiary alicyclic amines) is 2. The Balaban J connectivity index is 1.15. The molecule has 0 atom stereocenters. The van der Waals surface area contributed by atoms with Gasteiger partial charge in [0.25, 0.3) is 17.7 Å². The Kier molecular flexibility index (Phi) is 7.52. The van der Waals surface area contributed by atoms with Crippen LogP contribution in [0.5, 0.6) is 0 Å². The number of carbonyl (C=O) groups is 2. The number of carbonyl (C=O) groups excluding carboxylic acids is 2. The highest BCUT2D eigenvalue weighted by atomic mass is 32.5. The van der Waals surface area contributed by atoms with Crippen molar-refractivity contribution in [1.29, 1.82) is 0 Å². The van der Waals surface area contributed by atoms with Crippen molar-refractivity contribution in [1.82, 2.24) is 24.9 Å². The van der Waals surface area contributed by atoms with E-state index in [4.69, 9.17) is 0 Å². The quantitative estimate of drug-likeness (QED) is 0.283. The Morgan fingerprint density at radius 3 is 2.28 bits per heavy atom. The fourth-order valence-corrected chi connectivity index (χ4v) is 6.31. The third-order valence-corrected chi connectivity index (χ3v) is 9.27. The van der Waals surface area contributed by atoms with Gasteiger partial charge in [-0.25, -0.2) is 8.78 Å². The molecular weight excluding hydrogens is 603 g/mol. The van der Waals surface area contributed by atoms with Crippen molar-refractivity contribution in [3.63, 3.8) is 0 Å². The number of benzene rings is 2. The normalized spacial score (nSPS) is 19.8. The fourth-order valence-electron chi connectivity index (χ4n) is 5.66. The molecule has 2 aliphatic heterocycles. The van der Waals surface area contributed by atoms with E-state index in [2.05, 4.69) is 10.4 Å². The van der Waals surface area contributed by atoms with Crippen molar-refractivity contribution in [3.8, 4) is 0 Å². The van der Waals surface area contributed by atoms with Crippen molar-refractivity contribution < 1.29 is 37.8 Å². The number of aryl methyl sites for hydroxylation is 1. The standard InChI is InChI=1S/C28H32F7N5O2S/c1-19-23(26(41)36-11-15-38-14-10-28(29,30)18-38)6-7-25-24(19)17-40(37-25)16-20-8-12-39(13-9-20)27(42)21-2-4-22(5-3-21)43(31,32,33,34)35/h2-7,17,20H,8-16,18H2,1H3,(H,36,41). The maximum Gasteiger partial charge on any atom is 0.310 e. The summed E-state index contributed by atoms with van der Waals surface area (Å²) in [5, 5.41) is 8.22. The molecule has 15 heteroatoms. The van der Waals surface area contributed by atoms with Gasteiger partial charge in [-0.2, -0.15) is 5.10 Å². The minimum atomic E-state index is -9.80. The van der Waals surface area contributed by atoms with Gasteiger partial charge in [0.1, 0.15) is 4.90 Å². The second kappa shape index (κ2) is 10.4. The zero-order valence-corrected chi connectivity index (χ0v) is 24.2. The van der Waals surface area contributed by atoms with Crippen LogP contribution in [0.2, 0.25) is 0 Å². The van der Waals surface area contributed by atoms with Crippen LogP contribution in [0.1, 0.15) is 45.5 Å². The Morgan fingerprint density at radius 2 is 1.67 bits per heavy atom. The first-order valence-corrected chi connectivity index (χ1v) is 15.8. The summed E-state index contributed by atoms with van der Waals surface area (Å²) in [7, 11) is -9.80. The number of aromatic nitrogens is 2. The summed E-state index contributed by atoms with van der Waals surface area (Å²) in [4.78, 5) is 26.7. The number of halogens is 7. The monoisotopic (exact) mass is 635 g/mol. The predicted octanol–water partition coefficient (Wildman–Crippen LogP) is 6.63. The number of rotatable bonds is 8. The summed E-state index contributed by atoms with van der Waals surface area (Å²) < 4.78 is 93.4. The molecule has 2 aliphatic rings. The first-order valence-electron chi connectivity index (χ1n) is 13.9. The number of nitrogens with zero attached hydrogens (tertiary/aromatic N) is 4. The average molecular weight is 636 g/mol. The van der Waals surface area contributed by atoms with Crippen LogP contribution in [0.3, 0.4) is 0 Å². The van der Waals surface area contributed by atoms with Crippen LogP contribution < -0.4 is 5.32 Å². The highest BCUT2D eigenvalue weighted by Crippen LogP contribution is 3.02. The molecule has 0 radical (unpaired) electrons. The zero-order valence-electron chi connectivity index (χ0n) is 23.3. The first-order chi connectivity index (χ1) is 19.9. The number of hydrogen-bond acceptors (Lipinski definition) is 4. The van der Waals surface area contributed by atoms with Crippen molar-refractivity contribution in [3.05, 3.63) is 59.3 Å². The highest BCUT2D eigenvalue weighted by molar-refractivity contribution is 8.45. The van der Waals surface area contributed by atoms with E-state index in [1.807, 2.05) is 13.1 Å². The van der Waals surface area contributed by atoms with Crippen LogP contribution in [-0.2, 0) is 6.54 Å². The molecule has 0 saturated carbocycles. The van der Waals surface area contributed by atoms with E-state index in [1.165, 1.54) is 4.90 Å². The lowest BCUT2D eigenvalue weighted by molar-refractivity contribution is 0.0124. The van der Waals surface area contributed by atoms with E-state index in [9.17, 15) is 37.8 Å². The van der Waals surface area contributed by atoms with Crippen LogP contribution in [0, 0.1) is 12.8 Å². The van der Waals surface area contributed by atoms with Gasteiger partial charge in [0, 0.05) is 68.4 Å². The average Bonchev–Trinajstić information content (AvgIpc) is 3.50. The maximum absolute atomic E-state index is 13.4.